The number of thioether (sulfide) groups is 2. The Hall–Kier alpha value is -5.38. The number of nitrogens with one attached hydrogen (secondary N) is 1. The Balaban J connectivity index is 0.000000196. The molecule has 0 aliphatic heterocycles. The number of hydrogen-bond donors (Lipinski definition) is 3. The standard InChI is InChI=1S/C22H22N2OS.C13H13NS.C9H11NO2/c1-17(14-19-8-5-13-23-15-19)22(25)24-20-9-11-21(12-10-20)26-16-18-6-3-2-4-7-18;14-12-6-8-13(9-7-12)15-10-11-4-2-1-3-5-11;1-7(9(11)12)5-8-3-2-4-10-6-8/h2-13,15,17H,14,16H2,1H3,(H,24,25);1-9H,10,14H2;2-4,6-7H,5H2,1H3,(H,11,12)/t17-;;7-/m0.0/s1. The molecule has 0 radical (unpaired) electrons. The molecule has 53 heavy (non-hydrogen) atoms. The van der Waals surface area contributed by atoms with Crippen molar-refractivity contribution >= 4 is 46.8 Å². The van der Waals surface area contributed by atoms with Crippen LogP contribution in [0, 0.1) is 11.8 Å². The highest BCUT2D eigenvalue weighted by atomic mass is 32.2. The van der Waals surface area contributed by atoms with Gasteiger partial charge in [0.2, 0.25) is 5.91 Å². The van der Waals surface area contributed by atoms with E-state index in [0.717, 1.165) is 34.0 Å². The molecule has 4 aromatic carbocycles. The molecule has 0 unspecified atom stereocenters. The van der Waals surface area contributed by atoms with Gasteiger partial charge in [-0.3, -0.25) is 19.6 Å². The summed E-state index contributed by atoms with van der Waals surface area (Å²) in [5, 5.41) is 11.6. The van der Waals surface area contributed by atoms with Gasteiger partial charge in [0.05, 0.1) is 5.92 Å². The Bertz CT molecular complexity index is 1920. The van der Waals surface area contributed by atoms with E-state index in [1.54, 1.807) is 37.3 Å². The summed E-state index contributed by atoms with van der Waals surface area (Å²) < 4.78 is 0. The average Bonchev–Trinajstić information content (AvgIpc) is 3.19. The molecule has 0 saturated carbocycles. The highest BCUT2D eigenvalue weighted by molar-refractivity contribution is 7.98. The van der Waals surface area contributed by atoms with Crippen molar-refractivity contribution in [1.82, 2.24) is 9.97 Å². The van der Waals surface area contributed by atoms with Crippen LogP contribution in [-0.4, -0.2) is 27.0 Å². The van der Waals surface area contributed by atoms with Crippen LogP contribution in [-0.2, 0) is 33.9 Å². The van der Waals surface area contributed by atoms with E-state index in [2.05, 4.69) is 88.1 Å². The maximum absolute atomic E-state index is 12.4. The normalized spacial score (nSPS) is 11.4. The third-order valence-electron chi connectivity index (χ3n) is 7.90. The van der Waals surface area contributed by atoms with Gasteiger partial charge in [-0.15, -0.1) is 23.5 Å². The zero-order valence-electron chi connectivity index (χ0n) is 30.0. The number of aliphatic carboxylic acids is 1. The number of nitrogens with zero attached hydrogens (tertiary/aromatic N) is 2. The molecule has 0 bridgehead atoms. The quantitative estimate of drug-likeness (QED) is 0.0791. The van der Waals surface area contributed by atoms with Crippen LogP contribution < -0.4 is 11.1 Å². The van der Waals surface area contributed by atoms with Gasteiger partial charge in [-0.2, -0.15) is 0 Å². The molecular weight excluding hydrogens is 697 g/mol. The molecule has 2 heterocycles. The molecule has 6 rings (SSSR count). The van der Waals surface area contributed by atoms with Gasteiger partial charge in [0, 0.05) is 63.4 Å². The molecule has 2 aromatic heterocycles. The monoisotopic (exact) mass is 742 g/mol. The third-order valence-corrected chi connectivity index (χ3v) is 10.1. The summed E-state index contributed by atoms with van der Waals surface area (Å²) in [6.45, 7) is 3.63. The summed E-state index contributed by atoms with van der Waals surface area (Å²) in [5.41, 5.74) is 12.0. The van der Waals surface area contributed by atoms with E-state index in [0.29, 0.717) is 12.8 Å². The molecule has 7 nitrogen and oxygen atoms in total. The van der Waals surface area contributed by atoms with Gasteiger partial charge in [-0.05, 0) is 95.8 Å². The first kappa shape index (κ1) is 40.4. The van der Waals surface area contributed by atoms with Gasteiger partial charge in [-0.25, -0.2) is 0 Å². The van der Waals surface area contributed by atoms with Crippen molar-refractivity contribution in [3.63, 3.8) is 0 Å². The van der Waals surface area contributed by atoms with Gasteiger partial charge in [0.15, 0.2) is 0 Å². The van der Waals surface area contributed by atoms with Crippen molar-refractivity contribution in [3.05, 3.63) is 181 Å². The van der Waals surface area contributed by atoms with Gasteiger partial charge in [0.1, 0.15) is 0 Å². The number of carboxylic acids is 1. The first-order valence-corrected chi connectivity index (χ1v) is 19.3. The van der Waals surface area contributed by atoms with Gasteiger partial charge < -0.3 is 16.2 Å². The van der Waals surface area contributed by atoms with Crippen molar-refractivity contribution in [2.45, 2.75) is 48.0 Å². The number of pyridine rings is 2. The number of amides is 1. The van der Waals surface area contributed by atoms with Gasteiger partial charge in [0.25, 0.3) is 0 Å². The molecule has 9 heteroatoms. The lowest BCUT2D eigenvalue weighted by atomic mass is 10.0. The van der Waals surface area contributed by atoms with Crippen molar-refractivity contribution in [1.29, 1.82) is 0 Å². The molecule has 272 valence electrons. The number of rotatable bonds is 13. The molecule has 4 N–H and O–H groups in total. The van der Waals surface area contributed by atoms with E-state index >= 15 is 0 Å². The molecule has 0 aliphatic carbocycles. The van der Waals surface area contributed by atoms with Crippen LogP contribution in [0.25, 0.3) is 0 Å². The second-order valence-electron chi connectivity index (χ2n) is 12.4. The number of carboxylic acid groups (broad SMARTS) is 1. The van der Waals surface area contributed by atoms with Crippen LogP contribution >= 0.6 is 23.5 Å². The fraction of sp³-hybridized carbons (Fsp3) is 0.182. The minimum Gasteiger partial charge on any atom is -0.481 e. The van der Waals surface area contributed by atoms with E-state index in [4.69, 9.17) is 10.8 Å². The topological polar surface area (TPSA) is 118 Å². The summed E-state index contributed by atoms with van der Waals surface area (Å²) in [6, 6.07) is 44.5. The number of benzene rings is 4. The summed E-state index contributed by atoms with van der Waals surface area (Å²) in [7, 11) is 0. The summed E-state index contributed by atoms with van der Waals surface area (Å²) >= 11 is 3.62. The van der Waals surface area contributed by atoms with Crippen LogP contribution in [0.4, 0.5) is 11.4 Å². The molecule has 0 aliphatic rings. The van der Waals surface area contributed by atoms with Crippen molar-refractivity contribution < 1.29 is 14.7 Å². The van der Waals surface area contributed by atoms with Gasteiger partial charge in [-0.1, -0.05) is 86.6 Å². The molecule has 2 atom stereocenters. The predicted octanol–water partition coefficient (Wildman–Crippen LogP) is 10.1. The van der Waals surface area contributed by atoms with E-state index < -0.39 is 5.97 Å². The second-order valence-corrected chi connectivity index (χ2v) is 14.5. The Morgan fingerprint density at radius 2 is 1.04 bits per heavy atom. The second kappa shape index (κ2) is 22.5. The van der Waals surface area contributed by atoms with Crippen LogP contribution in [0.3, 0.4) is 0 Å². The zero-order valence-corrected chi connectivity index (χ0v) is 31.7. The zero-order chi connectivity index (χ0) is 37.7. The van der Waals surface area contributed by atoms with E-state index in [9.17, 15) is 9.59 Å². The lowest BCUT2D eigenvalue weighted by molar-refractivity contribution is -0.141. The Morgan fingerprint density at radius 1 is 0.604 bits per heavy atom. The number of nitrogen functional groups attached to an aromatic ring is 1. The highest BCUT2D eigenvalue weighted by Crippen LogP contribution is 2.25. The number of hydrogen-bond acceptors (Lipinski definition) is 7. The predicted molar refractivity (Wildman–Crippen MR) is 220 cm³/mol. The minimum atomic E-state index is -0.765. The smallest absolute Gasteiger partial charge is 0.306 e. The number of aromatic nitrogens is 2. The highest BCUT2D eigenvalue weighted by Gasteiger charge is 2.14. The molecule has 0 saturated heterocycles. The van der Waals surface area contributed by atoms with Crippen LogP contribution in [0.15, 0.2) is 168 Å². The van der Waals surface area contributed by atoms with Crippen LogP contribution in [0.5, 0.6) is 0 Å². The summed E-state index contributed by atoms with van der Waals surface area (Å²) in [4.78, 5) is 33.3. The van der Waals surface area contributed by atoms with E-state index in [-0.39, 0.29) is 17.7 Å². The molecule has 0 spiro atoms. The summed E-state index contributed by atoms with van der Waals surface area (Å²) in [5.74, 6) is 0.761. The van der Waals surface area contributed by atoms with E-state index in [1.165, 1.54) is 20.9 Å². The lowest BCUT2D eigenvalue weighted by Crippen LogP contribution is -2.22. The SMILES string of the molecule is C[C@@H](Cc1cccnc1)C(=O)Nc1ccc(SCc2ccccc2)cc1.C[C@@H](Cc1cccnc1)C(=O)O.Nc1ccc(SCc2ccccc2)cc1. The maximum Gasteiger partial charge on any atom is 0.306 e. The Kier molecular flexibility index (Phi) is 17.2. The average molecular weight is 743 g/mol. The summed E-state index contributed by atoms with van der Waals surface area (Å²) in [6.07, 6.45) is 8.15. The molecular formula is C44H46N4O3S2. The van der Waals surface area contributed by atoms with Gasteiger partial charge >= 0.3 is 5.97 Å². The number of nitrogens with two attached hydrogens (primary N) is 1. The molecule has 6 aromatic rings. The first-order chi connectivity index (χ1) is 25.7. The first-order valence-electron chi connectivity index (χ1n) is 17.4. The van der Waals surface area contributed by atoms with Crippen molar-refractivity contribution in [2.24, 2.45) is 11.8 Å². The largest absolute Gasteiger partial charge is 0.481 e. The number of carbonyl (C=O) groups is 2. The molecule has 1 amide bonds. The van der Waals surface area contributed by atoms with E-state index in [1.807, 2.05) is 85.5 Å². The van der Waals surface area contributed by atoms with Crippen molar-refractivity contribution in [3.8, 4) is 0 Å². The third kappa shape index (κ3) is 15.8. The Morgan fingerprint density at radius 3 is 1.47 bits per heavy atom. The van der Waals surface area contributed by atoms with Crippen LogP contribution in [0.1, 0.15) is 36.1 Å². The number of carbonyl (C=O) groups excluding carboxylic acids is 1. The fourth-order valence-electron chi connectivity index (χ4n) is 4.87. The van der Waals surface area contributed by atoms with Crippen LogP contribution in [0.2, 0.25) is 0 Å². The maximum atomic E-state index is 12.4. The Labute approximate surface area is 321 Å². The fourth-order valence-corrected chi connectivity index (χ4v) is 6.58. The van der Waals surface area contributed by atoms with Crippen molar-refractivity contribution in [2.75, 3.05) is 11.1 Å². The molecule has 0 fully saturated rings. The minimum absolute atomic E-state index is 0.0264. The number of anilines is 2. The lowest BCUT2D eigenvalue weighted by Gasteiger charge is -2.12.